The Labute approximate surface area is 180 Å². The predicted molar refractivity (Wildman–Crippen MR) is 122 cm³/mol. The summed E-state index contributed by atoms with van der Waals surface area (Å²) in [6, 6.07) is 2.22. The Morgan fingerprint density at radius 3 is 2.59 bits per heavy atom. The number of aromatic nitrogens is 4. The number of hydrogen-bond donors (Lipinski definition) is 2. The van der Waals surface area contributed by atoms with Gasteiger partial charge < -0.3 is 10.6 Å². The van der Waals surface area contributed by atoms with Crippen LogP contribution < -0.4 is 10.6 Å². The Morgan fingerprint density at radius 2 is 2.04 bits per heavy atom. The van der Waals surface area contributed by atoms with E-state index in [-0.39, 0.29) is 30.0 Å². The van der Waals surface area contributed by atoms with Crippen molar-refractivity contribution in [2.75, 3.05) is 13.1 Å². The van der Waals surface area contributed by atoms with Gasteiger partial charge in [0.05, 0.1) is 5.69 Å². The molecule has 0 amide bonds. The van der Waals surface area contributed by atoms with E-state index >= 15 is 0 Å². The van der Waals surface area contributed by atoms with Gasteiger partial charge in [0.25, 0.3) is 0 Å². The summed E-state index contributed by atoms with van der Waals surface area (Å²) in [5, 5.41) is 15.6. The third-order valence-corrected chi connectivity index (χ3v) is 4.52. The van der Waals surface area contributed by atoms with Gasteiger partial charge in [0.15, 0.2) is 5.96 Å². The van der Waals surface area contributed by atoms with Gasteiger partial charge in [0.1, 0.15) is 0 Å². The van der Waals surface area contributed by atoms with Gasteiger partial charge in [0, 0.05) is 50.8 Å². The van der Waals surface area contributed by atoms with Gasteiger partial charge >= 0.3 is 0 Å². The number of nitrogens with one attached hydrogen (secondary N) is 2. The van der Waals surface area contributed by atoms with E-state index in [0.29, 0.717) is 5.92 Å². The second-order valence-corrected chi connectivity index (χ2v) is 7.08. The molecule has 0 aliphatic carbocycles. The molecule has 2 rings (SSSR count). The number of rotatable bonds is 8. The second kappa shape index (κ2) is 11.3. The smallest absolute Gasteiger partial charge is 0.191 e. The topological polar surface area (TPSA) is 72.1 Å². The van der Waals surface area contributed by atoms with Crippen molar-refractivity contribution in [2.45, 2.75) is 53.6 Å². The minimum Gasteiger partial charge on any atom is -0.357 e. The lowest BCUT2D eigenvalue weighted by Crippen LogP contribution is -2.43. The summed E-state index contributed by atoms with van der Waals surface area (Å²) < 4.78 is 3.91. The van der Waals surface area contributed by atoms with Crippen molar-refractivity contribution in [1.29, 1.82) is 0 Å². The standard InChI is InChI=1S/C19H33N7.HI/c1-7-20-19(21-12-14(2)13-26-10-8-9-22-26)23-15(3)11-18-16(4)24-25(6)17(18)5;/h8-10,14-15H,7,11-13H2,1-6H3,(H2,20,21,23);1H. The molecule has 0 fully saturated rings. The second-order valence-electron chi connectivity index (χ2n) is 7.08. The number of aryl methyl sites for hydroxylation is 2. The van der Waals surface area contributed by atoms with Crippen LogP contribution in [-0.4, -0.2) is 44.7 Å². The van der Waals surface area contributed by atoms with Gasteiger partial charge in [-0.1, -0.05) is 6.92 Å². The van der Waals surface area contributed by atoms with E-state index in [1.54, 1.807) is 0 Å². The largest absolute Gasteiger partial charge is 0.357 e. The highest BCUT2D eigenvalue weighted by atomic mass is 127. The summed E-state index contributed by atoms with van der Waals surface area (Å²) in [6.07, 6.45) is 4.73. The maximum absolute atomic E-state index is 4.76. The molecule has 0 radical (unpaired) electrons. The summed E-state index contributed by atoms with van der Waals surface area (Å²) >= 11 is 0. The summed E-state index contributed by atoms with van der Waals surface area (Å²) in [7, 11) is 2.00. The minimum absolute atomic E-state index is 0. The Kier molecular flexibility index (Phi) is 9.82. The van der Waals surface area contributed by atoms with Gasteiger partial charge in [-0.15, -0.1) is 24.0 Å². The summed E-state index contributed by atoms with van der Waals surface area (Å²) in [5.41, 5.74) is 3.65. The minimum atomic E-state index is 0. The van der Waals surface area contributed by atoms with E-state index in [4.69, 9.17) is 4.99 Å². The van der Waals surface area contributed by atoms with Gasteiger partial charge in [-0.3, -0.25) is 14.4 Å². The van der Waals surface area contributed by atoms with Crippen LogP contribution in [0.3, 0.4) is 0 Å². The normalized spacial score (nSPS) is 13.8. The molecular weight excluding hydrogens is 453 g/mol. The van der Waals surface area contributed by atoms with Crippen LogP contribution in [0, 0.1) is 19.8 Å². The van der Waals surface area contributed by atoms with Crippen molar-refractivity contribution in [3.05, 3.63) is 35.4 Å². The zero-order valence-electron chi connectivity index (χ0n) is 17.4. The monoisotopic (exact) mass is 487 g/mol. The average molecular weight is 487 g/mol. The molecule has 2 aromatic heterocycles. The summed E-state index contributed by atoms with van der Waals surface area (Å²) in [6.45, 7) is 13.1. The Hall–Kier alpha value is -1.58. The van der Waals surface area contributed by atoms with Crippen LogP contribution in [0.1, 0.15) is 37.7 Å². The van der Waals surface area contributed by atoms with E-state index in [1.165, 1.54) is 11.3 Å². The van der Waals surface area contributed by atoms with E-state index in [2.05, 4.69) is 55.4 Å². The molecule has 0 aromatic carbocycles. The first kappa shape index (κ1) is 23.5. The first-order chi connectivity index (χ1) is 12.4. The average Bonchev–Trinajstić information content (AvgIpc) is 3.17. The Morgan fingerprint density at radius 1 is 1.30 bits per heavy atom. The van der Waals surface area contributed by atoms with Crippen LogP contribution in [0.4, 0.5) is 0 Å². The van der Waals surface area contributed by atoms with Crippen molar-refractivity contribution in [3.8, 4) is 0 Å². The number of halogens is 1. The number of guanidine groups is 1. The number of nitrogens with zero attached hydrogens (tertiary/aromatic N) is 5. The highest BCUT2D eigenvalue weighted by Crippen LogP contribution is 2.14. The Bertz CT molecular complexity index is 706. The van der Waals surface area contributed by atoms with Crippen LogP contribution in [0.2, 0.25) is 0 Å². The van der Waals surface area contributed by atoms with Crippen molar-refractivity contribution in [3.63, 3.8) is 0 Å². The van der Waals surface area contributed by atoms with Crippen molar-refractivity contribution < 1.29 is 0 Å². The lowest BCUT2D eigenvalue weighted by atomic mass is 10.1. The molecule has 2 N–H and O–H groups in total. The highest BCUT2D eigenvalue weighted by molar-refractivity contribution is 14.0. The van der Waals surface area contributed by atoms with E-state index < -0.39 is 0 Å². The molecule has 0 aliphatic heterocycles. The number of aliphatic imine (C=N–C) groups is 1. The molecule has 2 aromatic rings. The molecule has 0 bridgehead atoms. The maximum Gasteiger partial charge on any atom is 0.191 e. The molecule has 152 valence electrons. The van der Waals surface area contributed by atoms with Crippen molar-refractivity contribution in [1.82, 2.24) is 30.2 Å². The molecule has 2 atom stereocenters. The zero-order chi connectivity index (χ0) is 19.1. The predicted octanol–water partition coefficient (Wildman–Crippen LogP) is 2.67. The molecule has 27 heavy (non-hydrogen) atoms. The van der Waals surface area contributed by atoms with Crippen molar-refractivity contribution in [2.24, 2.45) is 18.0 Å². The Balaban J connectivity index is 0.00000364. The zero-order valence-corrected chi connectivity index (χ0v) is 19.7. The molecule has 2 unspecified atom stereocenters. The third kappa shape index (κ3) is 7.15. The first-order valence-electron chi connectivity index (χ1n) is 9.42. The molecule has 0 aliphatic rings. The summed E-state index contributed by atoms with van der Waals surface area (Å²) in [5.74, 6) is 1.29. The van der Waals surface area contributed by atoms with Gasteiger partial charge in [-0.05, 0) is 51.7 Å². The van der Waals surface area contributed by atoms with Crippen molar-refractivity contribution >= 4 is 29.9 Å². The molecular formula is C19H34IN7. The number of hydrogen-bond acceptors (Lipinski definition) is 3. The third-order valence-electron chi connectivity index (χ3n) is 4.52. The van der Waals surface area contributed by atoms with E-state index in [1.807, 2.05) is 34.9 Å². The van der Waals surface area contributed by atoms with Crippen LogP contribution in [0.5, 0.6) is 0 Å². The van der Waals surface area contributed by atoms with Crippen LogP contribution in [0.15, 0.2) is 23.5 Å². The first-order valence-corrected chi connectivity index (χ1v) is 9.42. The van der Waals surface area contributed by atoms with E-state index in [9.17, 15) is 0 Å². The molecule has 2 heterocycles. The quantitative estimate of drug-likeness (QED) is 0.341. The maximum atomic E-state index is 4.76. The lowest BCUT2D eigenvalue weighted by Gasteiger charge is -2.19. The van der Waals surface area contributed by atoms with Gasteiger partial charge in [-0.25, -0.2) is 0 Å². The lowest BCUT2D eigenvalue weighted by molar-refractivity contribution is 0.457. The SMILES string of the molecule is CCNC(=NCC(C)Cn1cccn1)NC(C)Cc1c(C)nn(C)c1C.I. The fourth-order valence-corrected chi connectivity index (χ4v) is 3.06. The molecule has 0 saturated heterocycles. The van der Waals surface area contributed by atoms with Crippen LogP contribution in [0.25, 0.3) is 0 Å². The van der Waals surface area contributed by atoms with Gasteiger partial charge in [-0.2, -0.15) is 10.2 Å². The van der Waals surface area contributed by atoms with E-state index in [0.717, 1.165) is 37.7 Å². The van der Waals surface area contributed by atoms with Crippen LogP contribution >= 0.6 is 24.0 Å². The molecule has 0 saturated carbocycles. The highest BCUT2D eigenvalue weighted by Gasteiger charge is 2.14. The molecule has 8 heteroatoms. The molecule has 0 spiro atoms. The molecule has 7 nitrogen and oxygen atoms in total. The van der Waals surface area contributed by atoms with Gasteiger partial charge in [0.2, 0.25) is 0 Å². The summed E-state index contributed by atoms with van der Waals surface area (Å²) in [4.78, 5) is 4.76. The fraction of sp³-hybridized carbons (Fsp3) is 0.632. The fourth-order valence-electron chi connectivity index (χ4n) is 3.06. The van der Waals surface area contributed by atoms with Crippen LogP contribution in [-0.2, 0) is 20.0 Å².